The van der Waals surface area contributed by atoms with Crippen molar-refractivity contribution >= 4 is 17.2 Å². The summed E-state index contributed by atoms with van der Waals surface area (Å²) in [7, 11) is 0. The number of aromatic nitrogens is 3. The molecule has 0 spiro atoms. The lowest BCUT2D eigenvalue weighted by Gasteiger charge is -2.30. The maximum absolute atomic E-state index is 12.6. The number of fused-ring (bicyclic) bond motifs is 1. The van der Waals surface area contributed by atoms with Crippen LogP contribution >= 0.6 is 11.3 Å². The summed E-state index contributed by atoms with van der Waals surface area (Å²) < 4.78 is 0. The lowest BCUT2D eigenvalue weighted by Crippen LogP contribution is -2.38. The molecule has 28 heavy (non-hydrogen) atoms. The monoisotopic (exact) mass is 395 g/mol. The van der Waals surface area contributed by atoms with Gasteiger partial charge in [-0.05, 0) is 38.0 Å². The summed E-state index contributed by atoms with van der Waals surface area (Å²) in [6, 6.07) is 1.82. The molecule has 2 aromatic heterocycles. The van der Waals surface area contributed by atoms with Crippen LogP contribution in [0.5, 0.6) is 0 Å². The van der Waals surface area contributed by atoms with Crippen LogP contribution in [0.3, 0.4) is 0 Å². The summed E-state index contributed by atoms with van der Waals surface area (Å²) in [5.74, 6) is 0.521. The molecule has 7 heteroatoms. The Kier molecular flexibility index (Phi) is 4.55. The van der Waals surface area contributed by atoms with E-state index in [-0.39, 0.29) is 5.91 Å². The molecule has 1 fully saturated rings. The number of carbonyl (C=O) groups excluding carboxylic acids is 1. The van der Waals surface area contributed by atoms with Crippen LogP contribution in [0.15, 0.2) is 30.0 Å². The molecular formula is C21H25N5OS. The molecular weight excluding hydrogens is 370 g/mol. The molecule has 3 aliphatic rings. The average Bonchev–Trinajstić information content (AvgIpc) is 3.24. The Bertz CT molecular complexity index is 922. The van der Waals surface area contributed by atoms with Crippen LogP contribution in [0, 0.1) is 6.92 Å². The van der Waals surface area contributed by atoms with Crippen LogP contribution in [-0.4, -0.2) is 57.1 Å². The van der Waals surface area contributed by atoms with Crippen molar-refractivity contribution in [2.45, 2.75) is 38.5 Å². The smallest absolute Gasteiger partial charge is 0.274 e. The first-order valence-corrected chi connectivity index (χ1v) is 10.9. The van der Waals surface area contributed by atoms with Gasteiger partial charge in [0, 0.05) is 61.2 Å². The third-order valence-corrected chi connectivity index (χ3v) is 7.30. The van der Waals surface area contributed by atoms with Gasteiger partial charge >= 0.3 is 0 Å². The summed E-state index contributed by atoms with van der Waals surface area (Å²) >= 11 is 1.91. The molecule has 0 saturated carbocycles. The molecule has 4 heterocycles. The van der Waals surface area contributed by atoms with E-state index in [1.807, 2.05) is 29.2 Å². The van der Waals surface area contributed by atoms with E-state index in [1.54, 1.807) is 0 Å². The van der Waals surface area contributed by atoms with Crippen molar-refractivity contribution in [2.24, 2.45) is 0 Å². The maximum Gasteiger partial charge on any atom is 0.274 e. The van der Waals surface area contributed by atoms with Crippen molar-refractivity contribution in [2.75, 3.05) is 26.2 Å². The molecule has 0 unspecified atom stereocenters. The molecule has 1 amide bonds. The molecule has 146 valence electrons. The highest BCUT2D eigenvalue weighted by Gasteiger charge is 2.29. The Hall–Kier alpha value is -2.41. The molecule has 0 atom stereocenters. The minimum absolute atomic E-state index is 0.0390. The third-order valence-electron chi connectivity index (χ3n) is 5.98. The number of aromatic amines is 1. The summed E-state index contributed by atoms with van der Waals surface area (Å²) in [5.41, 5.74) is 4.11. The minimum Gasteiger partial charge on any atom is -0.371 e. The Morgan fingerprint density at radius 1 is 1.21 bits per heavy atom. The number of amides is 1. The molecule has 6 nitrogen and oxygen atoms in total. The first kappa shape index (κ1) is 17.7. The molecule has 1 aliphatic carbocycles. The van der Waals surface area contributed by atoms with Gasteiger partial charge in [0.25, 0.3) is 5.91 Å². The summed E-state index contributed by atoms with van der Waals surface area (Å²) in [4.78, 5) is 23.5. The zero-order chi connectivity index (χ0) is 19.1. The van der Waals surface area contributed by atoms with Crippen LogP contribution in [0.2, 0.25) is 0 Å². The maximum atomic E-state index is 12.6. The third kappa shape index (κ3) is 3.28. The number of hydrogen-bond donors (Lipinski definition) is 1. The summed E-state index contributed by atoms with van der Waals surface area (Å²) in [6.07, 6.45) is 10.6. The molecule has 0 aromatic carbocycles. The number of hydrogen-bond acceptors (Lipinski definition) is 5. The highest BCUT2D eigenvalue weighted by atomic mass is 32.1. The van der Waals surface area contributed by atoms with Gasteiger partial charge in [0.15, 0.2) is 0 Å². The number of H-pyrrole nitrogens is 1. The van der Waals surface area contributed by atoms with Crippen LogP contribution in [0.4, 0.5) is 0 Å². The fourth-order valence-corrected chi connectivity index (χ4v) is 5.50. The number of thiazole rings is 1. The Labute approximate surface area is 169 Å². The van der Waals surface area contributed by atoms with E-state index in [1.165, 1.54) is 21.3 Å². The van der Waals surface area contributed by atoms with E-state index < -0.39 is 0 Å². The first-order chi connectivity index (χ1) is 13.7. The molecule has 0 radical (unpaired) electrons. The number of aryl methyl sites for hydroxylation is 1. The van der Waals surface area contributed by atoms with E-state index in [0.717, 1.165) is 57.6 Å². The Morgan fingerprint density at radius 3 is 2.68 bits per heavy atom. The van der Waals surface area contributed by atoms with E-state index in [0.29, 0.717) is 11.6 Å². The lowest BCUT2D eigenvalue weighted by atomic mass is 9.97. The van der Waals surface area contributed by atoms with Crippen molar-refractivity contribution in [1.82, 2.24) is 25.0 Å². The average molecular weight is 396 g/mol. The van der Waals surface area contributed by atoms with Crippen molar-refractivity contribution in [1.29, 1.82) is 0 Å². The van der Waals surface area contributed by atoms with Gasteiger partial charge in [-0.2, -0.15) is 5.10 Å². The zero-order valence-electron chi connectivity index (χ0n) is 16.1. The van der Waals surface area contributed by atoms with Crippen molar-refractivity contribution in [3.8, 4) is 0 Å². The quantitative estimate of drug-likeness (QED) is 0.868. The predicted molar refractivity (Wildman–Crippen MR) is 110 cm³/mol. The van der Waals surface area contributed by atoms with E-state index in [9.17, 15) is 4.79 Å². The molecule has 1 N–H and O–H groups in total. The fourth-order valence-electron chi connectivity index (χ4n) is 4.23. The van der Waals surface area contributed by atoms with Gasteiger partial charge in [-0.25, -0.2) is 4.98 Å². The second-order valence-electron chi connectivity index (χ2n) is 7.86. The summed E-state index contributed by atoms with van der Waals surface area (Å²) in [6.45, 7) is 5.63. The second-order valence-corrected chi connectivity index (χ2v) is 8.98. The minimum atomic E-state index is 0.0390. The second kappa shape index (κ2) is 7.20. The van der Waals surface area contributed by atoms with Gasteiger partial charge in [-0.3, -0.25) is 9.89 Å². The normalized spacial score (nSPS) is 19.8. The van der Waals surface area contributed by atoms with Crippen LogP contribution in [0.25, 0.3) is 0 Å². The number of carbonyl (C=O) groups is 1. The topological polar surface area (TPSA) is 65.1 Å². The largest absolute Gasteiger partial charge is 0.371 e. The standard InChI is InChI=1S/C21H25N5OS/c1-14-13-18(24-23-14)21(27)26-9-5-15(6-10-26)20-22-17-7-11-25(16-3-2-4-16)12-8-19(17)28-20/h2-4,13,15H,5-12H2,1H3,(H,23,24). The van der Waals surface area contributed by atoms with Crippen LogP contribution in [0.1, 0.15) is 50.5 Å². The predicted octanol–water partition coefficient (Wildman–Crippen LogP) is 3.05. The summed E-state index contributed by atoms with van der Waals surface area (Å²) in [5, 5.41) is 8.25. The molecule has 5 rings (SSSR count). The van der Waals surface area contributed by atoms with Crippen molar-refractivity contribution in [3.63, 3.8) is 0 Å². The highest BCUT2D eigenvalue weighted by molar-refractivity contribution is 7.11. The van der Waals surface area contributed by atoms with Gasteiger partial charge < -0.3 is 9.80 Å². The molecule has 2 aromatic rings. The van der Waals surface area contributed by atoms with E-state index in [2.05, 4.69) is 33.3 Å². The molecule has 0 bridgehead atoms. The van der Waals surface area contributed by atoms with Gasteiger partial charge in [0.2, 0.25) is 0 Å². The Morgan fingerprint density at radius 2 is 2.00 bits per heavy atom. The molecule has 1 saturated heterocycles. The number of nitrogens with zero attached hydrogens (tertiary/aromatic N) is 4. The van der Waals surface area contributed by atoms with E-state index >= 15 is 0 Å². The fraction of sp³-hybridized carbons (Fsp3) is 0.476. The van der Waals surface area contributed by atoms with Gasteiger partial charge in [0.05, 0.1) is 10.7 Å². The number of likely N-dealkylation sites (tertiary alicyclic amines) is 1. The van der Waals surface area contributed by atoms with Crippen molar-refractivity contribution in [3.05, 3.63) is 57.0 Å². The number of nitrogens with one attached hydrogen (secondary N) is 1. The van der Waals surface area contributed by atoms with Gasteiger partial charge in [-0.1, -0.05) is 6.08 Å². The number of piperidine rings is 1. The van der Waals surface area contributed by atoms with Crippen LogP contribution < -0.4 is 0 Å². The molecule has 2 aliphatic heterocycles. The lowest BCUT2D eigenvalue weighted by molar-refractivity contribution is 0.0707. The first-order valence-electron chi connectivity index (χ1n) is 10.1. The zero-order valence-corrected chi connectivity index (χ0v) is 17.0. The SMILES string of the molecule is Cc1cc(C(=O)N2CCC(c3nc4c(s3)CCN(C3=CC=C3)CC4)CC2)n[nH]1. The van der Waals surface area contributed by atoms with Gasteiger partial charge in [-0.15, -0.1) is 11.3 Å². The van der Waals surface area contributed by atoms with E-state index in [4.69, 9.17) is 4.98 Å². The Balaban J connectivity index is 1.20. The highest BCUT2D eigenvalue weighted by Crippen LogP contribution is 2.34. The number of rotatable bonds is 3. The number of allylic oxidation sites excluding steroid dienone is 3. The van der Waals surface area contributed by atoms with Gasteiger partial charge in [0.1, 0.15) is 5.69 Å². The van der Waals surface area contributed by atoms with Crippen molar-refractivity contribution < 1.29 is 4.79 Å². The van der Waals surface area contributed by atoms with Crippen LogP contribution in [-0.2, 0) is 12.8 Å².